The first-order chi connectivity index (χ1) is 8.20. The Kier molecular flexibility index (Phi) is 7.25. The van der Waals surface area contributed by atoms with Crippen LogP contribution in [0.15, 0.2) is 0 Å². The molecule has 1 aliphatic rings. The zero-order valence-corrected chi connectivity index (χ0v) is 12.6. The van der Waals surface area contributed by atoms with Crippen molar-refractivity contribution >= 4 is 10.2 Å². The van der Waals surface area contributed by atoms with Crippen LogP contribution in [0.25, 0.3) is 0 Å². The number of hydrogen-bond donors (Lipinski definition) is 2. The molecule has 1 fully saturated rings. The van der Waals surface area contributed by atoms with Gasteiger partial charge in [-0.1, -0.05) is 12.8 Å². The van der Waals surface area contributed by atoms with Gasteiger partial charge in [-0.15, -0.1) is 0 Å². The number of unbranched alkanes of at least 4 members (excludes halogenated alkanes) is 1. The Hall–Kier alpha value is 0.0169. The molecule has 1 rings (SSSR count). The molecular weight excluding hydrogens is 240 g/mol. The summed E-state index contributed by atoms with van der Waals surface area (Å²) in [4.78, 5) is 8.16. The molecule has 2 N–H and O–H groups in total. The summed E-state index contributed by atoms with van der Waals surface area (Å²) in [7, 11) is 1.08. The second-order valence-corrected chi connectivity index (χ2v) is 6.85. The summed E-state index contributed by atoms with van der Waals surface area (Å²) in [6, 6.07) is 0. The van der Waals surface area contributed by atoms with Gasteiger partial charge in [-0.25, -0.2) is 9.78 Å². The number of hydrogen-bond acceptors (Lipinski definition) is 5. The molecule has 0 aromatic carbocycles. The first kappa shape index (κ1) is 15.1. The molecule has 0 saturated carbocycles. The highest BCUT2D eigenvalue weighted by Crippen LogP contribution is 2.27. The van der Waals surface area contributed by atoms with Crippen LogP contribution in [0.5, 0.6) is 0 Å². The van der Waals surface area contributed by atoms with E-state index >= 15 is 0 Å². The fourth-order valence-electron chi connectivity index (χ4n) is 2.31. The molecule has 5 nitrogen and oxygen atoms in total. The normalized spacial score (nSPS) is 27.2. The number of ether oxygens (including phenoxy) is 1. The minimum Gasteiger partial charge on any atom is -0.380 e. The average Bonchev–Trinajstić information content (AvgIpc) is 2.34. The van der Waals surface area contributed by atoms with E-state index in [0.29, 0.717) is 6.42 Å². The van der Waals surface area contributed by atoms with E-state index in [0.717, 1.165) is 36.1 Å². The fraction of sp³-hybridized carbons (Fsp3) is 1.00. The van der Waals surface area contributed by atoms with Gasteiger partial charge in [0.15, 0.2) is 0 Å². The SMILES string of the molecule is OOCC(CCCCC1([SiH3])CCCCO1)OO. The first-order valence-corrected chi connectivity index (χ1v) is 7.41. The zero-order valence-electron chi connectivity index (χ0n) is 10.6. The summed E-state index contributed by atoms with van der Waals surface area (Å²) in [5.41, 5.74) is 0. The Balaban J connectivity index is 2.09. The van der Waals surface area contributed by atoms with E-state index in [1.807, 2.05) is 0 Å². The highest BCUT2D eigenvalue weighted by Gasteiger charge is 2.26. The van der Waals surface area contributed by atoms with Crippen LogP contribution in [-0.4, -0.2) is 45.3 Å². The van der Waals surface area contributed by atoms with Gasteiger partial charge in [-0.3, -0.25) is 10.5 Å². The lowest BCUT2D eigenvalue weighted by Crippen LogP contribution is -2.36. The maximum absolute atomic E-state index is 8.55. The van der Waals surface area contributed by atoms with E-state index in [2.05, 4.69) is 9.78 Å². The first-order valence-electron chi connectivity index (χ1n) is 6.41. The molecule has 0 bridgehead atoms. The summed E-state index contributed by atoms with van der Waals surface area (Å²) in [5, 5.41) is 17.0. The van der Waals surface area contributed by atoms with Gasteiger partial charge in [0.1, 0.15) is 12.7 Å². The van der Waals surface area contributed by atoms with E-state index in [4.69, 9.17) is 15.3 Å². The third kappa shape index (κ3) is 5.94. The molecule has 1 aliphatic heterocycles. The van der Waals surface area contributed by atoms with Gasteiger partial charge < -0.3 is 4.74 Å². The smallest absolute Gasteiger partial charge is 0.119 e. The van der Waals surface area contributed by atoms with Gasteiger partial charge in [0.05, 0.1) is 0 Å². The standard InChI is InChI=1S/C11H24O5Si/c12-15-9-10(16-13)5-1-2-6-11(17)7-3-4-8-14-11/h10,12-13H,1-9H2,17H3. The van der Waals surface area contributed by atoms with Gasteiger partial charge >= 0.3 is 0 Å². The van der Waals surface area contributed by atoms with Crippen molar-refractivity contribution in [1.82, 2.24) is 0 Å². The maximum atomic E-state index is 8.55. The third-order valence-electron chi connectivity index (χ3n) is 3.44. The predicted octanol–water partition coefficient (Wildman–Crippen LogP) is 1.16. The molecular formula is C11H24O5Si. The minimum atomic E-state index is -0.433. The largest absolute Gasteiger partial charge is 0.380 e. The molecule has 0 radical (unpaired) electrons. The van der Waals surface area contributed by atoms with E-state index in [9.17, 15) is 0 Å². The van der Waals surface area contributed by atoms with Crippen LogP contribution in [0.3, 0.4) is 0 Å². The van der Waals surface area contributed by atoms with E-state index < -0.39 is 6.10 Å². The quantitative estimate of drug-likeness (QED) is 0.298. The molecule has 1 saturated heterocycles. The highest BCUT2D eigenvalue weighted by atomic mass is 28.1. The molecule has 0 aliphatic carbocycles. The molecule has 6 heteroatoms. The summed E-state index contributed by atoms with van der Waals surface area (Å²) in [6.45, 7) is 0.920. The molecule has 17 heavy (non-hydrogen) atoms. The van der Waals surface area contributed by atoms with E-state index in [1.54, 1.807) is 0 Å². The number of rotatable bonds is 8. The molecule has 2 unspecified atom stereocenters. The zero-order chi connectivity index (χ0) is 12.6. The Morgan fingerprint density at radius 2 is 2.12 bits per heavy atom. The van der Waals surface area contributed by atoms with Gasteiger partial charge in [0, 0.05) is 22.1 Å². The summed E-state index contributed by atoms with van der Waals surface area (Å²) < 4.78 is 5.86. The fourth-order valence-corrected chi connectivity index (χ4v) is 3.22. The Labute approximate surface area is 105 Å². The van der Waals surface area contributed by atoms with Crippen LogP contribution >= 0.6 is 0 Å². The molecule has 0 aromatic heterocycles. The topological polar surface area (TPSA) is 68.2 Å². The lowest BCUT2D eigenvalue weighted by molar-refractivity contribution is -0.327. The van der Waals surface area contributed by atoms with Crippen LogP contribution in [0.2, 0.25) is 0 Å². The molecule has 102 valence electrons. The van der Waals surface area contributed by atoms with Crippen molar-refractivity contribution in [3.05, 3.63) is 0 Å². The van der Waals surface area contributed by atoms with Crippen molar-refractivity contribution in [2.75, 3.05) is 13.2 Å². The summed E-state index contributed by atoms with van der Waals surface area (Å²) >= 11 is 0. The monoisotopic (exact) mass is 264 g/mol. The van der Waals surface area contributed by atoms with Crippen LogP contribution in [0.4, 0.5) is 0 Å². The molecule has 2 atom stereocenters. The Morgan fingerprint density at radius 1 is 1.29 bits per heavy atom. The Bertz CT molecular complexity index is 196. The van der Waals surface area contributed by atoms with Crippen molar-refractivity contribution in [1.29, 1.82) is 0 Å². The van der Waals surface area contributed by atoms with Crippen molar-refractivity contribution in [3.63, 3.8) is 0 Å². The minimum absolute atomic E-state index is 0.0129. The lowest BCUT2D eigenvalue weighted by atomic mass is 10.0. The highest BCUT2D eigenvalue weighted by molar-refractivity contribution is 6.14. The summed E-state index contributed by atoms with van der Waals surface area (Å²) in [5.74, 6) is 0. The lowest BCUT2D eigenvalue weighted by Gasteiger charge is -2.34. The second kappa shape index (κ2) is 8.18. The van der Waals surface area contributed by atoms with Crippen LogP contribution in [0.1, 0.15) is 44.9 Å². The molecule has 0 amide bonds. The van der Waals surface area contributed by atoms with Gasteiger partial charge in [-0.2, -0.15) is 0 Å². The average molecular weight is 264 g/mol. The van der Waals surface area contributed by atoms with Gasteiger partial charge in [0.2, 0.25) is 0 Å². The third-order valence-corrected chi connectivity index (χ3v) is 4.73. The van der Waals surface area contributed by atoms with Crippen molar-refractivity contribution in [2.45, 2.75) is 56.3 Å². The van der Waals surface area contributed by atoms with Gasteiger partial charge in [0.25, 0.3) is 0 Å². The molecule has 0 aromatic rings. The summed E-state index contributed by atoms with van der Waals surface area (Å²) in [6.07, 6.45) is 7.03. The molecule has 1 heterocycles. The van der Waals surface area contributed by atoms with E-state index in [1.165, 1.54) is 19.3 Å². The van der Waals surface area contributed by atoms with E-state index in [-0.39, 0.29) is 11.8 Å². The van der Waals surface area contributed by atoms with Crippen molar-refractivity contribution in [2.24, 2.45) is 0 Å². The predicted molar refractivity (Wildman–Crippen MR) is 67.0 cm³/mol. The van der Waals surface area contributed by atoms with Crippen LogP contribution in [0, 0.1) is 0 Å². The molecule has 0 spiro atoms. The maximum Gasteiger partial charge on any atom is 0.119 e. The van der Waals surface area contributed by atoms with Crippen LogP contribution in [-0.2, 0) is 14.5 Å². The van der Waals surface area contributed by atoms with Crippen molar-refractivity contribution in [3.8, 4) is 0 Å². The van der Waals surface area contributed by atoms with Gasteiger partial charge in [-0.05, 0) is 32.1 Å². The van der Waals surface area contributed by atoms with Crippen LogP contribution < -0.4 is 0 Å². The van der Waals surface area contributed by atoms with Crippen molar-refractivity contribution < 1.29 is 25.0 Å². The second-order valence-electron chi connectivity index (χ2n) is 5.02. The Morgan fingerprint density at radius 3 is 2.71 bits per heavy atom.